The van der Waals surface area contributed by atoms with Crippen molar-refractivity contribution in [3.63, 3.8) is 0 Å². The Balaban J connectivity index is 1.95. The van der Waals surface area contributed by atoms with E-state index < -0.39 is 12.1 Å². The van der Waals surface area contributed by atoms with Gasteiger partial charge in [-0.1, -0.05) is 65.2 Å². The average molecular weight is 433 g/mol. The zero-order valence-corrected chi connectivity index (χ0v) is 16.3. The third-order valence-corrected chi connectivity index (χ3v) is 5.72. The van der Waals surface area contributed by atoms with Gasteiger partial charge in [-0.3, -0.25) is 0 Å². The fraction of sp³-hybridized carbons (Fsp3) is 0.250. The molecule has 1 nitrogen and oxygen atoms in total. The van der Waals surface area contributed by atoms with Crippen LogP contribution in [-0.2, 0) is 6.42 Å². The SMILES string of the molecule is N=C1CCCc2cc(/C=C/C(c3cc(Cl)c(Cl)c(Cl)c3)C(F)(F)F)ccc21. The van der Waals surface area contributed by atoms with Crippen molar-refractivity contribution < 1.29 is 13.2 Å². The normalized spacial score (nSPS) is 15.9. The van der Waals surface area contributed by atoms with Gasteiger partial charge in [0.2, 0.25) is 0 Å². The van der Waals surface area contributed by atoms with Crippen LogP contribution in [0.4, 0.5) is 13.2 Å². The van der Waals surface area contributed by atoms with Crippen molar-refractivity contribution in [2.24, 2.45) is 0 Å². The van der Waals surface area contributed by atoms with Crippen molar-refractivity contribution in [2.75, 3.05) is 0 Å². The minimum absolute atomic E-state index is 0.0193. The Labute approximate surface area is 170 Å². The number of allylic oxidation sites excluding steroid dienone is 1. The average Bonchev–Trinajstić information content (AvgIpc) is 2.58. The van der Waals surface area contributed by atoms with Gasteiger partial charge < -0.3 is 5.41 Å². The van der Waals surface area contributed by atoms with E-state index in [9.17, 15) is 13.2 Å². The molecule has 1 aliphatic rings. The molecule has 0 amide bonds. The van der Waals surface area contributed by atoms with Crippen LogP contribution in [0.5, 0.6) is 0 Å². The van der Waals surface area contributed by atoms with Crippen molar-refractivity contribution in [3.8, 4) is 0 Å². The van der Waals surface area contributed by atoms with Gasteiger partial charge in [0.1, 0.15) is 0 Å². The van der Waals surface area contributed by atoms with Crippen LogP contribution in [0.1, 0.15) is 41.0 Å². The lowest BCUT2D eigenvalue weighted by Crippen LogP contribution is -2.19. The van der Waals surface area contributed by atoms with E-state index in [4.69, 9.17) is 40.2 Å². The van der Waals surface area contributed by atoms with Gasteiger partial charge in [0.25, 0.3) is 0 Å². The molecule has 1 unspecified atom stereocenters. The second-order valence-electron chi connectivity index (χ2n) is 6.43. The van der Waals surface area contributed by atoms with Gasteiger partial charge >= 0.3 is 6.18 Å². The molecular weight excluding hydrogens is 418 g/mol. The molecule has 7 heteroatoms. The first-order valence-electron chi connectivity index (χ1n) is 8.27. The van der Waals surface area contributed by atoms with E-state index >= 15 is 0 Å². The van der Waals surface area contributed by atoms with Crippen LogP contribution in [0.2, 0.25) is 15.1 Å². The Bertz CT molecular complexity index is 896. The maximum absolute atomic E-state index is 13.6. The largest absolute Gasteiger partial charge is 0.399 e. The highest BCUT2D eigenvalue weighted by molar-refractivity contribution is 6.48. The number of hydrogen-bond donors (Lipinski definition) is 1. The summed E-state index contributed by atoms with van der Waals surface area (Å²) >= 11 is 17.6. The molecule has 1 N–H and O–H groups in total. The van der Waals surface area contributed by atoms with Crippen LogP contribution in [0.25, 0.3) is 6.08 Å². The van der Waals surface area contributed by atoms with Crippen LogP contribution in [0.15, 0.2) is 36.4 Å². The van der Waals surface area contributed by atoms with Crippen molar-refractivity contribution >= 4 is 46.6 Å². The number of aryl methyl sites for hydroxylation is 1. The summed E-state index contributed by atoms with van der Waals surface area (Å²) < 4.78 is 40.8. The molecule has 0 aromatic heterocycles. The lowest BCUT2D eigenvalue weighted by Gasteiger charge is -2.19. The van der Waals surface area contributed by atoms with E-state index in [2.05, 4.69) is 0 Å². The highest BCUT2D eigenvalue weighted by Gasteiger charge is 2.39. The van der Waals surface area contributed by atoms with Crippen molar-refractivity contribution in [3.05, 3.63) is 73.7 Å². The molecule has 0 fully saturated rings. The van der Waals surface area contributed by atoms with E-state index in [1.165, 1.54) is 18.2 Å². The molecule has 0 aliphatic heterocycles. The summed E-state index contributed by atoms with van der Waals surface area (Å²) in [6.45, 7) is 0. The quantitative estimate of drug-likeness (QED) is 0.480. The lowest BCUT2D eigenvalue weighted by molar-refractivity contribution is -0.139. The highest BCUT2D eigenvalue weighted by Crippen LogP contribution is 2.41. The van der Waals surface area contributed by atoms with E-state index in [1.54, 1.807) is 12.1 Å². The molecule has 0 saturated heterocycles. The topological polar surface area (TPSA) is 23.9 Å². The summed E-state index contributed by atoms with van der Waals surface area (Å²) in [5, 5.41) is 7.95. The van der Waals surface area contributed by atoms with Gasteiger partial charge in [-0.25, -0.2) is 0 Å². The number of alkyl halides is 3. The smallest absolute Gasteiger partial charge is 0.305 e. The predicted octanol–water partition coefficient (Wildman–Crippen LogP) is 7.71. The standard InChI is InChI=1S/C20H15Cl3F3N/c21-16-9-13(10-17(22)19(16)23)15(20(24,25)26)7-5-11-4-6-14-12(8-11)2-1-3-18(14)27/h4-10,15,27H,1-3H2/b7-5+,27-18?. The molecule has 0 bridgehead atoms. The molecule has 0 heterocycles. The third kappa shape index (κ3) is 4.50. The predicted molar refractivity (Wildman–Crippen MR) is 106 cm³/mol. The Morgan fingerprint density at radius 2 is 1.67 bits per heavy atom. The molecule has 27 heavy (non-hydrogen) atoms. The first-order valence-corrected chi connectivity index (χ1v) is 9.40. The summed E-state index contributed by atoms with van der Waals surface area (Å²) in [7, 11) is 0. The zero-order chi connectivity index (χ0) is 19.8. The number of hydrogen-bond acceptors (Lipinski definition) is 1. The molecule has 2 aromatic carbocycles. The van der Waals surface area contributed by atoms with Gasteiger partial charge in [-0.2, -0.15) is 13.2 Å². The minimum atomic E-state index is -4.51. The molecule has 3 rings (SSSR count). The van der Waals surface area contributed by atoms with Gasteiger partial charge in [0.05, 0.1) is 21.0 Å². The van der Waals surface area contributed by atoms with Crippen LogP contribution < -0.4 is 0 Å². The fourth-order valence-corrected chi connectivity index (χ4v) is 3.79. The molecule has 0 spiro atoms. The Kier molecular flexibility index (Phi) is 5.90. The van der Waals surface area contributed by atoms with Gasteiger partial charge in [-0.05, 0) is 53.6 Å². The van der Waals surface area contributed by atoms with Crippen LogP contribution in [-0.4, -0.2) is 11.9 Å². The van der Waals surface area contributed by atoms with Crippen LogP contribution >= 0.6 is 34.8 Å². The van der Waals surface area contributed by atoms with Crippen molar-refractivity contribution in [1.82, 2.24) is 0 Å². The van der Waals surface area contributed by atoms with E-state index in [1.807, 2.05) is 6.07 Å². The molecule has 1 aliphatic carbocycles. The number of fused-ring (bicyclic) bond motifs is 1. The maximum atomic E-state index is 13.6. The summed E-state index contributed by atoms with van der Waals surface area (Å²) in [5.41, 5.74) is 3.03. The summed E-state index contributed by atoms with van der Waals surface area (Å²) in [6.07, 6.45) is 0.457. The number of nitrogens with one attached hydrogen (secondary N) is 1. The fourth-order valence-electron chi connectivity index (χ4n) is 3.18. The van der Waals surface area contributed by atoms with Crippen molar-refractivity contribution in [1.29, 1.82) is 5.41 Å². The third-order valence-electron chi connectivity index (χ3n) is 4.53. The van der Waals surface area contributed by atoms with E-state index in [-0.39, 0.29) is 20.6 Å². The molecule has 2 aromatic rings. The van der Waals surface area contributed by atoms with Crippen molar-refractivity contribution in [2.45, 2.75) is 31.4 Å². The molecule has 142 valence electrons. The monoisotopic (exact) mass is 431 g/mol. The molecule has 1 atom stereocenters. The van der Waals surface area contributed by atoms with E-state index in [0.29, 0.717) is 11.3 Å². The minimum Gasteiger partial charge on any atom is -0.305 e. The number of halogens is 6. The summed E-state index contributed by atoms with van der Waals surface area (Å²) in [6, 6.07) is 7.74. The van der Waals surface area contributed by atoms with Crippen LogP contribution in [0, 0.1) is 5.41 Å². The van der Waals surface area contributed by atoms with Gasteiger partial charge in [0, 0.05) is 5.71 Å². The maximum Gasteiger partial charge on any atom is 0.399 e. The van der Waals surface area contributed by atoms with Gasteiger partial charge in [0.15, 0.2) is 0 Å². The first-order chi connectivity index (χ1) is 12.7. The number of benzene rings is 2. The molecule has 0 radical (unpaired) electrons. The summed E-state index contributed by atoms with van der Waals surface area (Å²) in [5.74, 6) is -1.86. The Hall–Kier alpha value is -1.49. The Morgan fingerprint density at radius 3 is 2.30 bits per heavy atom. The molecule has 0 saturated carbocycles. The summed E-state index contributed by atoms with van der Waals surface area (Å²) in [4.78, 5) is 0. The molecular formula is C20H15Cl3F3N. The lowest BCUT2D eigenvalue weighted by atomic mass is 9.88. The number of rotatable bonds is 3. The van der Waals surface area contributed by atoms with Gasteiger partial charge in [-0.15, -0.1) is 0 Å². The van der Waals surface area contributed by atoms with Crippen LogP contribution in [0.3, 0.4) is 0 Å². The second kappa shape index (κ2) is 7.86. The highest BCUT2D eigenvalue weighted by atomic mass is 35.5. The van der Waals surface area contributed by atoms with E-state index in [0.717, 1.165) is 36.5 Å². The Morgan fingerprint density at radius 1 is 1.00 bits per heavy atom. The zero-order valence-electron chi connectivity index (χ0n) is 14.0. The second-order valence-corrected chi connectivity index (χ2v) is 7.62. The first kappa shape index (κ1) is 20.2.